The SMILES string of the molecule is O=C(NCCc1ccccn1)c1ccc(F)nc1. The molecule has 0 fully saturated rings. The lowest BCUT2D eigenvalue weighted by Gasteiger charge is -2.04. The van der Waals surface area contributed by atoms with Gasteiger partial charge in [0.25, 0.3) is 5.91 Å². The number of nitrogens with zero attached hydrogens (tertiary/aromatic N) is 2. The lowest BCUT2D eigenvalue weighted by atomic mass is 10.2. The monoisotopic (exact) mass is 245 g/mol. The molecule has 92 valence electrons. The van der Waals surface area contributed by atoms with Crippen LogP contribution in [0.25, 0.3) is 0 Å². The van der Waals surface area contributed by atoms with Crippen LogP contribution in [0, 0.1) is 5.95 Å². The van der Waals surface area contributed by atoms with Crippen LogP contribution in [0.15, 0.2) is 42.7 Å². The molecular weight excluding hydrogens is 233 g/mol. The second-order valence-corrected chi connectivity index (χ2v) is 3.70. The van der Waals surface area contributed by atoms with Gasteiger partial charge in [-0.1, -0.05) is 6.07 Å². The van der Waals surface area contributed by atoms with Gasteiger partial charge in [0, 0.05) is 31.1 Å². The van der Waals surface area contributed by atoms with E-state index in [0.29, 0.717) is 18.5 Å². The first-order valence-electron chi connectivity index (χ1n) is 5.55. The predicted octanol–water partition coefficient (Wildman–Crippen LogP) is 1.59. The van der Waals surface area contributed by atoms with Crippen LogP contribution < -0.4 is 5.32 Å². The molecule has 2 heterocycles. The molecule has 18 heavy (non-hydrogen) atoms. The minimum absolute atomic E-state index is 0.265. The highest BCUT2D eigenvalue weighted by atomic mass is 19.1. The quantitative estimate of drug-likeness (QED) is 0.832. The number of nitrogens with one attached hydrogen (secondary N) is 1. The zero-order valence-electron chi connectivity index (χ0n) is 9.64. The molecule has 5 heteroatoms. The summed E-state index contributed by atoms with van der Waals surface area (Å²) >= 11 is 0. The lowest BCUT2D eigenvalue weighted by molar-refractivity contribution is 0.0953. The molecule has 0 radical (unpaired) electrons. The van der Waals surface area contributed by atoms with Gasteiger partial charge in [-0.15, -0.1) is 0 Å². The van der Waals surface area contributed by atoms with Crippen molar-refractivity contribution in [1.82, 2.24) is 15.3 Å². The van der Waals surface area contributed by atoms with Gasteiger partial charge in [0.15, 0.2) is 0 Å². The summed E-state index contributed by atoms with van der Waals surface area (Å²) in [5, 5.41) is 2.73. The van der Waals surface area contributed by atoms with Crippen LogP contribution in [-0.4, -0.2) is 22.4 Å². The highest BCUT2D eigenvalue weighted by molar-refractivity contribution is 5.93. The number of hydrogen-bond donors (Lipinski definition) is 1. The van der Waals surface area contributed by atoms with E-state index in [2.05, 4.69) is 15.3 Å². The number of carbonyl (C=O) groups excluding carboxylic acids is 1. The molecular formula is C13H12FN3O. The molecule has 0 spiro atoms. The minimum atomic E-state index is -0.597. The van der Waals surface area contributed by atoms with E-state index in [1.807, 2.05) is 18.2 Å². The standard InChI is InChI=1S/C13H12FN3O/c14-12-5-4-10(9-17-12)13(18)16-8-6-11-3-1-2-7-15-11/h1-5,7,9H,6,8H2,(H,16,18). The van der Waals surface area contributed by atoms with Gasteiger partial charge in [-0.3, -0.25) is 9.78 Å². The fraction of sp³-hybridized carbons (Fsp3) is 0.154. The van der Waals surface area contributed by atoms with Gasteiger partial charge < -0.3 is 5.32 Å². The van der Waals surface area contributed by atoms with Crippen molar-refractivity contribution in [2.75, 3.05) is 6.54 Å². The average Bonchev–Trinajstić information content (AvgIpc) is 2.40. The van der Waals surface area contributed by atoms with Crippen LogP contribution in [0.2, 0.25) is 0 Å². The maximum absolute atomic E-state index is 12.6. The number of amides is 1. The van der Waals surface area contributed by atoms with Gasteiger partial charge in [-0.05, 0) is 24.3 Å². The van der Waals surface area contributed by atoms with Crippen LogP contribution >= 0.6 is 0 Å². The highest BCUT2D eigenvalue weighted by Crippen LogP contribution is 1.99. The first kappa shape index (κ1) is 12.2. The van der Waals surface area contributed by atoms with Crippen LogP contribution in [-0.2, 0) is 6.42 Å². The number of rotatable bonds is 4. The Morgan fingerprint density at radius 1 is 1.22 bits per heavy atom. The van der Waals surface area contributed by atoms with Crippen molar-refractivity contribution in [2.24, 2.45) is 0 Å². The van der Waals surface area contributed by atoms with Crippen molar-refractivity contribution < 1.29 is 9.18 Å². The number of hydrogen-bond acceptors (Lipinski definition) is 3. The molecule has 1 N–H and O–H groups in total. The highest BCUT2D eigenvalue weighted by Gasteiger charge is 2.05. The van der Waals surface area contributed by atoms with Gasteiger partial charge >= 0.3 is 0 Å². The van der Waals surface area contributed by atoms with Crippen molar-refractivity contribution in [3.63, 3.8) is 0 Å². The Balaban J connectivity index is 1.84. The molecule has 0 aromatic carbocycles. The molecule has 0 aliphatic carbocycles. The smallest absolute Gasteiger partial charge is 0.252 e. The van der Waals surface area contributed by atoms with Crippen molar-refractivity contribution in [3.8, 4) is 0 Å². The van der Waals surface area contributed by atoms with Crippen LogP contribution in [0.1, 0.15) is 16.1 Å². The Bertz CT molecular complexity index is 514. The molecule has 0 saturated heterocycles. The average molecular weight is 245 g/mol. The lowest BCUT2D eigenvalue weighted by Crippen LogP contribution is -2.26. The van der Waals surface area contributed by atoms with E-state index < -0.39 is 5.95 Å². The normalized spacial score (nSPS) is 10.1. The zero-order chi connectivity index (χ0) is 12.8. The first-order valence-corrected chi connectivity index (χ1v) is 5.55. The largest absolute Gasteiger partial charge is 0.352 e. The molecule has 0 atom stereocenters. The Hall–Kier alpha value is -2.30. The van der Waals surface area contributed by atoms with Crippen molar-refractivity contribution in [2.45, 2.75) is 6.42 Å². The molecule has 0 unspecified atom stereocenters. The number of pyridine rings is 2. The Morgan fingerprint density at radius 3 is 2.78 bits per heavy atom. The topological polar surface area (TPSA) is 54.9 Å². The molecule has 2 rings (SSSR count). The molecule has 0 saturated carbocycles. The fourth-order valence-corrected chi connectivity index (χ4v) is 1.46. The summed E-state index contributed by atoms with van der Waals surface area (Å²) in [6.45, 7) is 0.479. The Morgan fingerprint density at radius 2 is 2.11 bits per heavy atom. The third-order valence-electron chi connectivity index (χ3n) is 2.38. The van der Waals surface area contributed by atoms with E-state index in [4.69, 9.17) is 0 Å². The third-order valence-corrected chi connectivity index (χ3v) is 2.38. The van der Waals surface area contributed by atoms with E-state index >= 15 is 0 Å². The minimum Gasteiger partial charge on any atom is -0.352 e. The summed E-state index contributed by atoms with van der Waals surface area (Å²) < 4.78 is 12.6. The number of carbonyl (C=O) groups is 1. The van der Waals surface area contributed by atoms with Crippen molar-refractivity contribution in [1.29, 1.82) is 0 Å². The van der Waals surface area contributed by atoms with E-state index in [-0.39, 0.29) is 5.91 Å². The van der Waals surface area contributed by atoms with Gasteiger partial charge in [0.05, 0.1) is 5.56 Å². The van der Waals surface area contributed by atoms with E-state index in [9.17, 15) is 9.18 Å². The second-order valence-electron chi connectivity index (χ2n) is 3.70. The third kappa shape index (κ3) is 3.35. The Labute approximate surface area is 104 Å². The van der Waals surface area contributed by atoms with Crippen LogP contribution in [0.4, 0.5) is 4.39 Å². The maximum Gasteiger partial charge on any atom is 0.252 e. The second kappa shape index (κ2) is 5.86. The molecule has 2 aromatic heterocycles. The maximum atomic E-state index is 12.6. The van der Waals surface area contributed by atoms with E-state index in [1.54, 1.807) is 6.20 Å². The van der Waals surface area contributed by atoms with Gasteiger partial charge in [-0.25, -0.2) is 4.98 Å². The van der Waals surface area contributed by atoms with Crippen LogP contribution in [0.5, 0.6) is 0 Å². The molecule has 1 amide bonds. The summed E-state index contributed by atoms with van der Waals surface area (Å²) in [6, 6.07) is 8.19. The molecule has 0 aliphatic heterocycles. The van der Waals surface area contributed by atoms with Gasteiger partial charge in [-0.2, -0.15) is 4.39 Å². The summed E-state index contributed by atoms with van der Waals surface area (Å²) in [5.74, 6) is -0.863. The van der Waals surface area contributed by atoms with Crippen molar-refractivity contribution >= 4 is 5.91 Å². The summed E-state index contributed by atoms with van der Waals surface area (Å²) in [4.78, 5) is 19.2. The van der Waals surface area contributed by atoms with Crippen molar-refractivity contribution in [3.05, 3.63) is 59.9 Å². The molecule has 2 aromatic rings. The van der Waals surface area contributed by atoms with E-state index in [0.717, 1.165) is 11.8 Å². The Kier molecular flexibility index (Phi) is 3.96. The summed E-state index contributed by atoms with van der Waals surface area (Å²) in [6.07, 6.45) is 3.58. The van der Waals surface area contributed by atoms with Gasteiger partial charge in [0.2, 0.25) is 5.95 Å². The zero-order valence-corrected chi connectivity index (χ0v) is 9.64. The first-order chi connectivity index (χ1) is 8.75. The summed E-state index contributed by atoms with van der Waals surface area (Å²) in [5.41, 5.74) is 1.26. The predicted molar refractivity (Wildman–Crippen MR) is 64.5 cm³/mol. The molecule has 0 aliphatic rings. The van der Waals surface area contributed by atoms with E-state index in [1.165, 1.54) is 12.3 Å². The number of aromatic nitrogens is 2. The molecule has 4 nitrogen and oxygen atoms in total. The van der Waals surface area contributed by atoms with Gasteiger partial charge in [0.1, 0.15) is 0 Å². The number of halogens is 1. The fourth-order valence-electron chi connectivity index (χ4n) is 1.46. The van der Waals surface area contributed by atoms with Crippen LogP contribution in [0.3, 0.4) is 0 Å². The molecule has 0 bridgehead atoms. The summed E-state index contributed by atoms with van der Waals surface area (Å²) in [7, 11) is 0.